The standard InChI is InChI=1S/C14H14N2O4/c1-3-19-14(18)13-8-12(15-16-13)10-4-6-11(7-5-10)20-9(2)17/h4-8H,3H2,1-2H3,(H,15,16). The first-order valence-corrected chi connectivity index (χ1v) is 6.11. The predicted octanol–water partition coefficient (Wildman–Crippen LogP) is 2.18. The molecule has 1 aromatic heterocycles. The van der Waals surface area contributed by atoms with E-state index in [1.165, 1.54) is 6.92 Å². The second-order valence-electron chi connectivity index (χ2n) is 4.01. The molecule has 6 nitrogen and oxygen atoms in total. The molecule has 20 heavy (non-hydrogen) atoms. The number of ether oxygens (including phenoxy) is 2. The molecule has 0 saturated carbocycles. The second kappa shape index (κ2) is 6.01. The van der Waals surface area contributed by atoms with Crippen molar-refractivity contribution in [1.82, 2.24) is 10.2 Å². The van der Waals surface area contributed by atoms with Gasteiger partial charge in [-0.1, -0.05) is 0 Å². The number of benzene rings is 1. The first-order valence-electron chi connectivity index (χ1n) is 6.11. The number of hydrogen-bond acceptors (Lipinski definition) is 5. The Morgan fingerprint density at radius 1 is 1.25 bits per heavy atom. The molecule has 0 amide bonds. The fraction of sp³-hybridized carbons (Fsp3) is 0.214. The van der Waals surface area contributed by atoms with E-state index in [0.717, 1.165) is 5.56 Å². The highest BCUT2D eigenvalue weighted by Gasteiger charge is 2.11. The molecule has 0 atom stereocenters. The van der Waals surface area contributed by atoms with Crippen LogP contribution in [0, 0.1) is 0 Å². The summed E-state index contributed by atoms with van der Waals surface area (Å²) in [4.78, 5) is 22.3. The number of hydrogen-bond donors (Lipinski definition) is 1. The lowest BCUT2D eigenvalue weighted by Gasteiger charge is -2.01. The quantitative estimate of drug-likeness (QED) is 0.682. The molecule has 0 fully saturated rings. The van der Waals surface area contributed by atoms with Gasteiger partial charge in [-0.05, 0) is 37.3 Å². The molecule has 1 heterocycles. The van der Waals surface area contributed by atoms with Gasteiger partial charge < -0.3 is 9.47 Å². The molecule has 2 rings (SSSR count). The molecule has 0 bridgehead atoms. The SMILES string of the molecule is CCOC(=O)c1cc(-c2ccc(OC(C)=O)cc2)n[nH]1. The molecule has 2 aromatic rings. The van der Waals surface area contributed by atoms with Crippen molar-refractivity contribution in [3.8, 4) is 17.0 Å². The van der Waals surface area contributed by atoms with Crippen molar-refractivity contribution in [3.05, 3.63) is 36.0 Å². The Morgan fingerprint density at radius 2 is 1.95 bits per heavy atom. The third-order valence-corrected chi connectivity index (χ3v) is 2.48. The number of aromatic nitrogens is 2. The van der Waals surface area contributed by atoms with Crippen LogP contribution in [0.15, 0.2) is 30.3 Å². The summed E-state index contributed by atoms with van der Waals surface area (Å²) < 4.78 is 9.81. The fourth-order valence-corrected chi connectivity index (χ4v) is 1.64. The summed E-state index contributed by atoms with van der Waals surface area (Å²) in [5.74, 6) is -0.354. The van der Waals surface area contributed by atoms with Gasteiger partial charge in [-0.2, -0.15) is 5.10 Å². The minimum atomic E-state index is -0.442. The summed E-state index contributed by atoms with van der Waals surface area (Å²) in [6.07, 6.45) is 0. The number of H-pyrrole nitrogens is 1. The summed E-state index contributed by atoms with van der Waals surface area (Å²) in [5.41, 5.74) is 1.71. The zero-order valence-electron chi connectivity index (χ0n) is 11.2. The Kier molecular flexibility index (Phi) is 4.14. The van der Waals surface area contributed by atoms with Crippen molar-refractivity contribution in [2.75, 3.05) is 6.61 Å². The number of aromatic amines is 1. The van der Waals surface area contributed by atoms with Gasteiger partial charge in [0, 0.05) is 12.5 Å². The highest BCUT2D eigenvalue weighted by atomic mass is 16.5. The lowest BCUT2D eigenvalue weighted by molar-refractivity contribution is -0.131. The van der Waals surface area contributed by atoms with Crippen LogP contribution in [0.4, 0.5) is 0 Å². The molecule has 0 unspecified atom stereocenters. The average Bonchev–Trinajstić information content (AvgIpc) is 2.89. The van der Waals surface area contributed by atoms with E-state index >= 15 is 0 Å². The predicted molar refractivity (Wildman–Crippen MR) is 71.3 cm³/mol. The Bertz CT molecular complexity index is 616. The van der Waals surface area contributed by atoms with Crippen LogP contribution in [0.25, 0.3) is 11.3 Å². The normalized spacial score (nSPS) is 10.1. The second-order valence-corrected chi connectivity index (χ2v) is 4.01. The van der Waals surface area contributed by atoms with E-state index < -0.39 is 5.97 Å². The summed E-state index contributed by atoms with van der Waals surface area (Å²) in [6, 6.07) is 8.44. The van der Waals surface area contributed by atoms with Gasteiger partial charge in [-0.25, -0.2) is 4.79 Å². The van der Waals surface area contributed by atoms with Crippen LogP contribution in [0.3, 0.4) is 0 Å². The van der Waals surface area contributed by atoms with Crippen molar-refractivity contribution in [1.29, 1.82) is 0 Å². The van der Waals surface area contributed by atoms with E-state index in [1.807, 2.05) is 0 Å². The maximum atomic E-state index is 11.5. The lowest BCUT2D eigenvalue weighted by atomic mass is 10.1. The molecule has 0 saturated heterocycles. The van der Waals surface area contributed by atoms with Crippen molar-refractivity contribution in [2.45, 2.75) is 13.8 Å². The Balaban J connectivity index is 2.15. The molecule has 0 aliphatic rings. The number of esters is 2. The van der Waals surface area contributed by atoms with E-state index in [-0.39, 0.29) is 5.97 Å². The fourth-order valence-electron chi connectivity index (χ4n) is 1.64. The Morgan fingerprint density at radius 3 is 2.55 bits per heavy atom. The van der Waals surface area contributed by atoms with Crippen LogP contribution in [0.5, 0.6) is 5.75 Å². The van der Waals surface area contributed by atoms with E-state index in [0.29, 0.717) is 23.7 Å². The van der Waals surface area contributed by atoms with Gasteiger partial charge in [0.25, 0.3) is 0 Å². The highest BCUT2D eigenvalue weighted by Crippen LogP contribution is 2.21. The third-order valence-electron chi connectivity index (χ3n) is 2.48. The number of nitrogens with one attached hydrogen (secondary N) is 1. The van der Waals surface area contributed by atoms with Crippen molar-refractivity contribution < 1.29 is 19.1 Å². The molecular formula is C14H14N2O4. The van der Waals surface area contributed by atoms with E-state index in [9.17, 15) is 9.59 Å². The molecule has 6 heteroatoms. The van der Waals surface area contributed by atoms with Crippen molar-refractivity contribution in [2.24, 2.45) is 0 Å². The van der Waals surface area contributed by atoms with Gasteiger partial charge in [0.1, 0.15) is 11.4 Å². The Hall–Kier alpha value is -2.63. The summed E-state index contributed by atoms with van der Waals surface area (Å²) >= 11 is 0. The van der Waals surface area contributed by atoms with Gasteiger partial charge in [0.2, 0.25) is 0 Å². The van der Waals surface area contributed by atoms with Gasteiger partial charge in [0.05, 0.1) is 12.3 Å². The van der Waals surface area contributed by atoms with Crippen LogP contribution in [0.2, 0.25) is 0 Å². The minimum Gasteiger partial charge on any atom is -0.461 e. The van der Waals surface area contributed by atoms with Crippen LogP contribution in [-0.2, 0) is 9.53 Å². The summed E-state index contributed by atoms with van der Waals surface area (Å²) in [5, 5.41) is 6.67. The highest BCUT2D eigenvalue weighted by molar-refractivity contribution is 5.88. The zero-order valence-corrected chi connectivity index (χ0v) is 11.2. The van der Waals surface area contributed by atoms with Crippen LogP contribution in [0.1, 0.15) is 24.3 Å². The Labute approximate surface area is 115 Å². The van der Waals surface area contributed by atoms with E-state index in [2.05, 4.69) is 10.2 Å². The molecule has 0 aliphatic carbocycles. The average molecular weight is 274 g/mol. The number of rotatable bonds is 4. The topological polar surface area (TPSA) is 81.3 Å². The number of nitrogens with zero attached hydrogens (tertiary/aromatic N) is 1. The molecule has 0 spiro atoms. The van der Waals surface area contributed by atoms with Gasteiger partial charge in [-0.3, -0.25) is 9.89 Å². The maximum absolute atomic E-state index is 11.5. The number of carbonyl (C=O) groups is 2. The lowest BCUT2D eigenvalue weighted by Crippen LogP contribution is -2.04. The summed E-state index contributed by atoms with van der Waals surface area (Å²) in [6.45, 7) is 3.39. The van der Waals surface area contributed by atoms with Gasteiger partial charge in [0.15, 0.2) is 0 Å². The molecule has 104 valence electrons. The summed E-state index contributed by atoms with van der Waals surface area (Å²) in [7, 11) is 0. The monoisotopic (exact) mass is 274 g/mol. The van der Waals surface area contributed by atoms with E-state index in [1.54, 1.807) is 37.3 Å². The van der Waals surface area contributed by atoms with Crippen LogP contribution in [-0.4, -0.2) is 28.7 Å². The molecule has 1 N–H and O–H groups in total. The van der Waals surface area contributed by atoms with Crippen molar-refractivity contribution >= 4 is 11.9 Å². The molecular weight excluding hydrogens is 260 g/mol. The van der Waals surface area contributed by atoms with E-state index in [4.69, 9.17) is 9.47 Å². The molecule has 0 aliphatic heterocycles. The molecule has 0 radical (unpaired) electrons. The van der Waals surface area contributed by atoms with Gasteiger partial charge >= 0.3 is 11.9 Å². The minimum absolute atomic E-state index is 0.297. The largest absolute Gasteiger partial charge is 0.461 e. The zero-order chi connectivity index (χ0) is 14.5. The first-order chi connectivity index (χ1) is 9.60. The number of carbonyl (C=O) groups excluding carboxylic acids is 2. The maximum Gasteiger partial charge on any atom is 0.356 e. The van der Waals surface area contributed by atoms with Crippen molar-refractivity contribution in [3.63, 3.8) is 0 Å². The first kappa shape index (κ1) is 13.8. The van der Waals surface area contributed by atoms with Gasteiger partial charge in [-0.15, -0.1) is 0 Å². The molecule has 1 aromatic carbocycles. The third kappa shape index (κ3) is 3.23. The smallest absolute Gasteiger partial charge is 0.356 e. The van der Waals surface area contributed by atoms with Crippen LogP contribution >= 0.6 is 0 Å². The van der Waals surface area contributed by atoms with Crippen LogP contribution < -0.4 is 4.74 Å².